The number of aliphatic hydroxyl groups is 1. The molecule has 1 rings (SSSR count). The van der Waals surface area contributed by atoms with Crippen molar-refractivity contribution in [2.24, 2.45) is 7.05 Å². The molecular formula is C13H23N3O4S. The molecule has 0 spiro atoms. The van der Waals surface area contributed by atoms with Gasteiger partial charge >= 0.3 is 0 Å². The summed E-state index contributed by atoms with van der Waals surface area (Å²) in [6, 6.07) is 1.35. The number of rotatable bonds is 9. The standard InChI is InChI=1S/C13H23N3O4S/c1-14-13(18)12-9-11(10-16(12)2)21(19,20)15-7-5-3-4-6-8-17/h9-10,15,17H,3-8H2,1-2H3,(H,14,18). The van der Waals surface area contributed by atoms with Gasteiger partial charge in [-0.15, -0.1) is 0 Å². The Kier molecular flexibility index (Phi) is 6.86. The smallest absolute Gasteiger partial charge is 0.267 e. The minimum atomic E-state index is -3.60. The molecule has 0 bridgehead atoms. The van der Waals surface area contributed by atoms with Gasteiger partial charge in [0.15, 0.2) is 0 Å². The highest BCUT2D eigenvalue weighted by Crippen LogP contribution is 2.13. The summed E-state index contributed by atoms with van der Waals surface area (Å²) in [6.07, 6.45) is 4.61. The van der Waals surface area contributed by atoms with Crippen LogP contribution in [0.3, 0.4) is 0 Å². The van der Waals surface area contributed by atoms with E-state index >= 15 is 0 Å². The van der Waals surface area contributed by atoms with E-state index in [1.165, 1.54) is 23.9 Å². The monoisotopic (exact) mass is 317 g/mol. The lowest BCUT2D eigenvalue weighted by molar-refractivity contribution is 0.0955. The first kappa shape index (κ1) is 17.7. The van der Waals surface area contributed by atoms with Crippen LogP contribution in [0.25, 0.3) is 0 Å². The van der Waals surface area contributed by atoms with E-state index < -0.39 is 10.0 Å². The molecule has 1 amide bonds. The van der Waals surface area contributed by atoms with E-state index in [9.17, 15) is 13.2 Å². The van der Waals surface area contributed by atoms with Gasteiger partial charge < -0.3 is 15.0 Å². The van der Waals surface area contributed by atoms with Crippen LogP contribution in [0.4, 0.5) is 0 Å². The SMILES string of the molecule is CNC(=O)c1cc(S(=O)(=O)NCCCCCCO)cn1C. The predicted octanol–water partition coefficient (Wildman–Crippen LogP) is 0.216. The zero-order chi connectivity index (χ0) is 15.9. The van der Waals surface area contributed by atoms with E-state index in [2.05, 4.69) is 10.0 Å². The minimum Gasteiger partial charge on any atom is -0.396 e. The van der Waals surface area contributed by atoms with E-state index in [1.54, 1.807) is 7.05 Å². The van der Waals surface area contributed by atoms with Crippen LogP contribution in [0, 0.1) is 0 Å². The van der Waals surface area contributed by atoms with Crippen LogP contribution < -0.4 is 10.0 Å². The van der Waals surface area contributed by atoms with Crippen molar-refractivity contribution >= 4 is 15.9 Å². The average Bonchev–Trinajstić information content (AvgIpc) is 2.84. The quantitative estimate of drug-likeness (QED) is 0.567. The molecule has 0 aliphatic rings. The van der Waals surface area contributed by atoms with Gasteiger partial charge in [0.2, 0.25) is 10.0 Å². The maximum Gasteiger partial charge on any atom is 0.267 e. The predicted molar refractivity (Wildman–Crippen MR) is 79.5 cm³/mol. The Balaban J connectivity index is 2.60. The molecule has 0 aliphatic heterocycles. The van der Waals surface area contributed by atoms with E-state index in [-0.39, 0.29) is 17.4 Å². The Morgan fingerprint density at radius 3 is 2.57 bits per heavy atom. The van der Waals surface area contributed by atoms with Crippen molar-refractivity contribution in [2.75, 3.05) is 20.2 Å². The van der Waals surface area contributed by atoms with E-state index in [4.69, 9.17) is 5.11 Å². The van der Waals surface area contributed by atoms with Gasteiger partial charge in [0.05, 0.1) is 0 Å². The van der Waals surface area contributed by atoms with Crippen LogP contribution in [0.5, 0.6) is 0 Å². The third-order valence-electron chi connectivity index (χ3n) is 3.13. The second-order valence-corrected chi connectivity index (χ2v) is 6.55. The molecule has 1 aromatic heterocycles. The zero-order valence-electron chi connectivity index (χ0n) is 12.4. The largest absolute Gasteiger partial charge is 0.396 e. The lowest BCUT2D eigenvalue weighted by Crippen LogP contribution is -2.24. The molecule has 0 radical (unpaired) electrons. The van der Waals surface area contributed by atoms with Gasteiger partial charge in [-0.3, -0.25) is 4.79 Å². The van der Waals surface area contributed by atoms with Crippen LogP contribution in [0.1, 0.15) is 36.2 Å². The Morgan fingerprint density at radius 2 is 1.95 bits per heavy atom. The fourth-order valence-corrected chi connectivity index (χ4v) is 3.06. The molecule has 1 heterocycles. The van der Waals surface area contributed by atoms with Gasteiger partial charge in [-0.05, 0) is 18.9 Å². The summed E-state index contributed by atoms with van der Waals surface area (Å²) >= 11 is 0. The van der Waals surface area contributed by atoms with Crippen molar-refractivity contribution in [1.29, 1.82) is 0 Å². The number of nitrogens with one attached hydrogen (secondary N) is 2. The van der Waals surface area contributed by atoms with Gasteiger partial charge in [-0.25, -0.2) is 13.1 Å². The number of sulfonamides is 1. The van der Waals surface area contributed by atoms with E-state index in [1.807, 2.05) is 0 Å². The summed E-state index contributed by atoms with van der Waals surface area (Å²) in [5, 5.41) is 11.1. The highest BCUT2D eigenvalue weighted by molar-refractivity contribution is 7.89. The maximum absolute atomic E-state index is 12.1. The number of carbonyl (C=O) groups excluding carboxylic acids is 1. The molecule has 0 saturated heterocycles. The van der Waals surface area contributed by atoms with Gasteiger partial charge in [-0.2, -0.15) is 0 Å². The molecule has 21 heavy (non-hydrogen) atoms. The van der Waals surface area contributed by atoms with Gasteiger partial charge in [0.25, 0.3) is 5.91 Å². The lowest BCUT2D eigenvalue weighted by Gasteiger charge is -2.04. The molecule has 0 saturated carbocycles. The second kappa shape index (κ2) is 8.16. The van der Waals surface area contributed by atoms with Gasteiger partial charge in [0.1, 0.15) is 10.6 Å². The summed E-state index contributed by atoms with van der Waals surface area (Å²) in [6.45, 7) is 0.510. The zero-order valence-corrected chi connectivity index (χ0v) is 13.2. The molecule has 7 nitrogen and oxygen atoms in total. The number of amides is 1. The van der Waals surface area contributed by atoms with Crippen molar-refractivity contribution in [3.8, 4) is 0 Å². The van der Waals surface area contributed by atoms with E-state index in [0.29, 0.717) is 18.7 Å². The van der Waals surface area contributed by atoms with Crippen LogP contribution >= 0.6 is 0 Å². The first-order valence-corrected chi connectivity index (χ1v) is 8.39. The maximum atomic E-state index is 12.1. The summed E-state index contributed by atoms with van der Waals surface area (Å²) in [7, 11) is -0.479. The minimum absolute atomic E-state index is 0.0824. The first-order chi connectivity index (χ1) is 9.92. The average molecular weight is 317 g/mol. The third kappa shape index (κ3) is 5.14. The number of nitrogens with zero attached hydrogens (tertiary/aromatic N) is 1. The summed E-state index contributed by atoms with van der Waals surface area (Å²) in [4.78, 5) is 11.7. The topological polar surface area (TPSA) is 100 Å². The normalized spacial score (nSPS) is 11.6. The molecule has 0 aromatic carbocycles. The summed E-state index contributed by atoms with van der Waals surface area (Å²) in [5.41, 5.74) is 0.292. The van der Waals surface area contributed by atoms with Crippen LogP contribution in [0.2, 0.25) is 0 Å². The first-order valence-electron chi connectivity index (χ1n) is 6.91. The van der Waals surface area contributed by atoms with Crippen molar-refractivity contribution in [3.05, 3.63) is 18.0 Å². The van der Waals surface area contributed by atoms with Crippen LogP contribution in [-0.2, 0) is 17.1 Å². The molecule has 0 atom stereocenters. The van der Waals surface area contributed by atoms with Gasteiger partial charge in [0, 0.05) is 33.4 Å². The Morgan fingerprint density at radius 1 is 1.29 bits per heavy atom. The molecule has 3 N–H and O–H groups in total. The Labute approximate surface area is 125 Å². The van der Waals surface area contributed by atoms with Gasteiger partial charge in [-0.1, -0.05) is 12.8 Å². The van der Waals surface area contributed by atoms with E-state index in [0.717, 1.165) is 19.3 Å². The van der Waals surface area contributed by atoms with Crippen molar-refractivity contribution < 1.29 is 18.3 Å². The molecule has 0 aliphatic carbocycles. The second-order valence-electron chi connectivity index (χ2n) is 4.79. The molecule has 0 unspecified atom stereocenters. The third-order valence-corrected chi connectivity index (χ3v) is 4.55. The molecule has 120 valence electrons. The molecule has 0 fully saturated rings. The van der Waals surface area contributed by atoms with Crippen molar-refractivity contribution in [3.63, 3.8) is 0 Å². The fourth-order valence-electron chi connectivity index (χ4n) is 1.92. The molecule has 8 heteroatoms. The lowest BCUT2D eigenvalue weighted by atomic mass is 10.2. The highest BCUT2D eigenvalue weighted by atomic mass is 32.2. The number of aryl methyl sites for hydroxylation is 1. The number of hydrogen-bond donors (Lipinski definition) is 3. The summed E-state index contributed by atoms with van der Waals surface area (Å²) < 4.78 is 28.2. The molecular weight excluding hydrogens is 294 g/mol. The fraction of sp³-hybridized carbons (Fsp3) is 0.615. The number of hydrogen-bond acceptors (Lipinski definition) is 4. The number of carbonyl (C=O) groups is 1. The number of aliphatic hydroxyl groups excluding tert-OH is 1. The molecule has 1 aromatic rings. The van der Waals surface area contributed by atoms with Crippen molar-refractivity contribution in [1.82, 2.24) is 14.6 Å². The summed E-state index contributed by atoms with van der Waals surface area (Å²) in [5.74, 6) is -0.331. The van der Waals surface area contributed by atoms with Crippen LogP contribution in [0.15, 0.2) is 17.2 Å². The Bertz CT molecular complexity index is 566. The highest BCUT2D eigenvalue weighted by Gasteiger charge is 2.19. The number of unbranched alkanes of at least 4 members (excludes halogenated alkanes) is 3. The Hall–Kier alpha value is -1.38. The van der Waals surface area contributed by atoms with Crippen molar-refractivity contribution in [2.45, 2.75) is 30.6 Å². The van der Waals surface area contributed by atoms with Crippen LogP contribution in [-0.4, -0.2) is 44.2 Å². The number of aromatic nitrogens is 1.